The summed E-state index contributed by atoms with van der Waals surface area (Å²) in [6.45, 7) is 1.29. The van der Waals surface area contributed by atoms with Crippen LogP contribution < -0.4 is 15.8 Å². The van der Waals surface area contributed by atoms with Crippen LogP contribution in [-0.4, -0.2) is 32.3 Å². The molecule has 0 aliphatic carbocycles. The van der Waals surface area contributed by atoms with Crippen molar-refractivity contribution in [3.05, 3.63) is 23.8 Å². The average Bonchev–Trinajstić information content (AvgIpc) is 2.45. The summed E-state index contributed by atoms with van der Waals surface area (Å²) < 4.78 is 10.7. The monoisotopic (exact) mass is 264 g/mol. The Hall–Kier alpha value is -1.75. The van der Waals surface area contributed by atoms with Crippen molar-refractivity contribution in [3.63, 3.8) is 0 Å². The van der Waals surface area contributed by atoms with Gasteiger partial charge in [0.05, 0.1) is 13.2 Å². The fraction of sp³-hybridized carbons (Fsp3) is 0.500. The topological polar surface area (TPSA) is 73.6 Å². The number of anilines is 1. The van der Waals surface area contributed by atoms with Crippen LogP contribution in [-0.2, 0) is 4.74 Å². The summed E-state index contributed by atoms with van der Waals surface area (Å²) in [7, 11) is 1.52. The SMILES string of the molecule is COc1cccc(N)c1C(=O)NCC1CCCCO1. The molecule has 1 fully saturated rings. The van der Waals surface area contributed by atoms with Gasteiger partial charge >= 0.3 is 0 Å². The minimum Gasteiger partial charge on any atom is -0.496 e. The summed E-state index contributed by atoms with van der Waals surface area (Å²) >= 11 is 0. The van der Waals surface area contributed by atoms with Crippen LogP contribution in [0.2, 0.25) is 0 Å². The van der Waals surface area contributed by atoms with Gasteiger partial charge in [-0.15, -0.1) is 0 Å². The summed E-state index contributed by atoms with van der Waals surface area (Å²) in [6, 6.07) is 5.17. The molecule has 104 valence electrons. The van der Waals surface area contributed by atoms with Crippen LogP contribution in [0.1, 0.15) is 29.6 Å². The fourth-order valence-corrected chi connectivity index (χ4v) is 2.22. The van der Waals surface area contributed by atoms with Gasteiger partial charge in [0.15, 0.2) is 0 Å². The van der Waals surface area contributed by atoms with Gasteiger partial charge in [-0.25, -0.2) is 0 Å². The third-order valence-electron chi connectivity index (χ3n) is 3.27. The van der Waals surface area contributed by atoms with Gasteiger partial charge in [0.25, 0.3) is 5.91 Å². The maximum atomic E-state index is 12.2. The molecule has 1 aromatic rings. The van der Waals surface area contributed by atoms with Crippen molar-refractivity contribution in [2.45, 2.75) is 25.4 Å². The lowest BCUT2D eigenvalue weighted by molar-refractivity contribution is 0.0169. The molecule has 0 saturated carbocycles. The molecule has 1 heterocycles. The Labute approximate surface area is 113 Å². The van der Waals surface area contributed by atoms with Crippen molar-refractivity contribution < 1.29 is 14.3 Å². The molecule has 3 N–H and O–H groups in total. The molecule has 1 aliphatic rings. The first kappa shape index (κ1) is 13.7. The molecule has 1 unspecified atom stereocenters. The van der Waals surface area contributed by atoms with Crippen LogP contribution in [0, 0.1) is 0 Å². The van der Waals surface area contributed by atoms with E-state index in [-0.39, 0.29) is 12.0 Å². The van der Waals surface area contributed by atoms with Crippen molar-refractivity contribution in [1.82, 2.24) is 5.32 Å². The molecule has 1 aliphatic heterocycles. The van der Waals surface area contributed by atoms with E-state index in [1.54, 1.807) is 18.2 Å². The number of benzene rings is 1. The number of hydrogen-bond acceptors (Lipinski definition) is 4. The van der Waals surface area contributed by atoms with Crippen LogP contribution >= 0.6 is 0 Å². The Morgan fingerprint density at radius 3 is 3.05 bits per heavy atom. The van der Waals surface area contributed by atoms with Gasteiger partial charge in [0.1, 0.15) is 11.3 Å². The number of nitrogens with two attached hydrogens (primary N) is 1. The molecular weight excluding hydrogens is 244 g/mol. The molecule has 2 rings (SSSR count). The first-order valence-corrected chi connectivity index (χ1v) is 6.54. The van der Waals surface area contributed by atoms with E-state index in [1.807, 2.05) is 0 Å². The summed E-state index contributed by atoms with van der Waals surface area (Å²) in [5.41, 5.74) is 6.64. The van der Waals surface area contributed by atoms with Gasteiger partial charge in [-0.05, 0) is 31.4 Å². The zero-order chi connectivity index (χ0) is 13.7. The van der Waals surface area contributed by atoms with Crippen molar-refractivity contribution in [2.75, 3.05) is 26.0 Å². The number of nitrogens with one attached hydrogen (secondary N) is 1. The van der Waals surface area contributed by atoms with Gasteiger partial charge in [0, 0.05) is 18.8 Å². The highest BCUT2D eigenvalue weighted by atomic mass is 16.5. The van der Waals surface area contributed by atoms with E-state index in [0.29, 0.717) is 23.5 Å². The number of amides is 1. The third-order valence-corrected chi connectivity index (χ3v) is 3.27. The van der Waals surface area contributed by atoms with Crippen LogP contribution in [0.5, 0.6) is 5.75 Å². The number of nitrogen functional groups attached to an aromatic ring is 1. The van der Waals surface area contributed by atoms with E-state index >= 15 is 0 Å². The predicted molar refractivity (Wildman–Crippen MR) is 73.3 cm³/mol. The van der Waals surface area contributed by atoms with Gasteiger partial charge in [-0.1, -0.05) is 6.07 Å². The van der Waals surface area contributed by atoms with Gasteiger partial charge in [0.2, 0.25) is 0 Å². The Kier molecular flexibility index (Phi) is 4.63. The molecule has 5 heteroatoms. The Balaban J connectivity index is 1.99. The molecule has 1 aromatic carbocycles. The second-order valence-corrected chi connectivity index (χ2v) is 4.62. The second kappa shape index (κ2) is 6.43. The number of ether oxygens (including phenoxy) is 2. The highest BCUT2D eigenvalue weighted by Crippen LogP contribution is 2.23. The first-order chi connectivity index (χ1) is 9.22. The maximum Gasteiger partial charge on any atom is 0.257 e. The number of rotatable bonds is 4. The molecule has 1 amide bonds. The van der Waals surface area contributed by atoms with E-state index in [0.717, 1.165) is 25.9 Å². The minimum absolute atomic E-state index is 0.105. The zero-order valence-corrected chi connectivity index (χ0v) is 11.1. The molecule has 0 bridgehead atoms. The Bertz CT molecular complexity index is 442. The lowest BCUT2D eigenvalue weighted by atomic mass is 10.1. The van der Waals surface area contributed by atoms with E-state index in [2.05, 4.69) is 5.32 Å². The lowest BCUT2D eigenvalue weighted by Crippen LogP contribution is -2.35. The third kappa shape index (κ3) is 3.38. The summed E-state index contributed by atoms with van der Waals surface area (Å²) in [5.74, 6) is 0.270. The number of carbonyl (C=O) groups excluding carboxylic acids is 1. The second-order valence-electron chi connectivity index (χ2n) is 4.62. The number of methoxy groups -OCH3 is 1. The maximum absolute atomic E-state index is 12.2. The summed E-state index contributed by atoms with van der Waals surface area (Å²) in [5, 5.41) is 2.86. The molecule has 5 nitrogen and oxygen atoms in total. The van der Waals surface area contributed by atoms with Crippen molar-refractivity contribution >= 4 is 11.6 Å². The molecule has 0 aromatic heterocycles. The highest BCUT2D eigenvalue weighted by molar-refractivity contribution is 6.01. The molecular formula is C14H20N2O3. The summed E-state index contributed by atoms with van der Waals surface area (Å²) in [6.07, 6.45) is 3.34. The van der Waals surface area contributed by atoms with Crippen LogP contribution in [0.25, 0.3) is 0 Å². The number of hydrogen-bond donors (Lipinski definition) is 2. The van der Waals surface area contributed by atoms with Crippen molar-refractivity contribution in [3.8, 4) is 5.75 Å². The lowest BCUT2D eigenvalue weighted by Gasteiger charge is -2.23. The predicted octanol–water partition coefficient (Wildman–Crippen LogP) is 1.58. The smallest absolute Gasteiger partial charge is 0.257 e. The molecule has 1 atom stereocenters. The Morgan fingerprint density at radius 1 is 1.53 bits per heavy atom. The Morgan fingerprint density at radius 2 is 2.37 bits per heavy atom. The largest absolute Gasteiger partial charge is 0.496 e. The van der Waals surface area contributed by atoms with Crippen LogP contribution in [0.15, 0.2) is 18.2 Å². The van der Waals surface area contributed by atoms with E-state index in [9.17, 15) is 4.79 Å². The normalized spacial score (nSPS) is 18.9. The quantitative estimate of drug-likeness (QED) is 0.810. The zero-order valence-electron chi connectivity index (χ0n) is 11.1. The highest BCUT2D eigenvalue weighted by Gasteiger charge is 2.18. The van der Waals surface area contributed by atoms with E-state index < -0.39 is 0 Å². The van der Waals surface area contributed by atoms with Crippen LogP contribution in [0.3, 0.4) is 0 Å². The minimum atomic E-state index is -0.218. The summed E-state index contributed by atoms with van der Waals surface area (Å²) in [4.78, 5) is 12.2. The van der Waals surface area contributed by atoms with E-state index in [1.165, 1.54) is 7.11 Å². The first-order valence-electron chi connectivity index (χ1n) is 6.54. The molecule has 1 saturated heterocycles. The van der Waals surface area contributed by atoms with Gasteiger partial charge < -0.3 is 20.5 Å². The fourth-order valence-electron chi connectivity index (χ4n) is 2.22. The van der Waals surface area contributed by atoms with Gasteiger partial charge in [-0.3, -0.25) is 4.79 Å². The van der Waals surface area contributed by atoms with Gasteiger partial charge in [-0.2, -0.15) is 0 Å². The average molecular weight is 264 g/mol. The van der Waals surface area contributed by atoms with Crippen molar-refractivity contribution in [1.29, 1.82) is 0 Å². The number of carbonyl (C=O) groups is 1. The van der Waals surface area contributed by atoms with Crippen molar-refractivity contribution in [2.24, 2.45) is 0 Å². The van der Waals surface area contributed by atoms with Crippen LogP contribution in [0.4, 0.5) is 5.69 Å². The van der Waals surface area contributed by atoms with E-state index in [4.69, 9.17) is 15.2 Å². The standard InChI is InChI=1S/C14H20N2O3/c1-18-12-7-4-6-11(15)13(12)14(17)16-9-10-5-2-3-8-19-10/h4,6-7,10H,2-3,5,8-9,15H2,1H3,(H,16,17). The molecule has 0 spiro atoms. The molecule has 19 heavy (non-hydrogen) atoms. The molecule has 0 radical (unpaired) electrons.